The van der Waals surface area contributed by atoms with Gasteiger partial charge in [-0.3, -0.25) is 4.90 Å². The molecule has 0 N–H and O–H groups in total. The summed E-state index contributed by atoms with van der Waals surface area (Å²) >= 11 is 0. The molecule has 0 radical (unpaired) electrons. The van der Waals surface area contributed by atoms with Gasteiger partial charge in [-0.15, -0.1) is 0 Å². The molecule has 0 aliphatic carbocycles. The lowest BCUT2D eigenvalue weighted by Crippen LogP contribution is -2.60. The van der Waals surface area contributed by atoms with Gasteiger partial charge in [0, 0.05) is 42.7 Å². The number of benzene rings is 1. The molecule has 1 heterocycles. The highest BCUT2D eigenvalue weighted by atomic mass is 19.4. The van der Waals surface area contributed by atoms with Crippen molar-refractivity contribution in [2.24, 2.45) is 5.11 Å². The molecule has 1 unspecified atom stereocenters. The number of hydrogen-bond acceptors (Lipinski definition) is 4. The van der Waals surface area contributed by atoms with Crippen LogP contribution < -0.4 is 0 Å². The van der Waals surface area contributed by atoms with Crippen LogP contribution >= 0.6 is 0 Å². The maximum atomic E-state index is 12.9. The van der Waals surface area contributed by atoms with Crippen molar-refractivity contribution >= 4 is 6.09 Å². The molecule has 0 spiro atoms. The number of azide groups is 1. The number of piperazine rings is 1. The van der Waals surface area contributed by atoms with Gasteiger partial charge < -0.3 is 9.64 Å². The highest BCUT2D eigenvalue weighted by Gasteiger charge is 2.38. The maximum absolute atomic E-state index is 12.9. The minimum Gasteiger partial charge on any atom is -0.444 e. The van der Waals surface area contributed by atoms with E-state index >= 15 is 0 Å². The standard InChI is InChI=1S/C20H28F3N5O2/c1-13-11-28(14(2)15-6-8-16(9-7-15)20(21,22)23)17(10-25-26-24)12-27(13)18(29)30-19(3,4)5/h6-9,13-14,17H,10-12H2,1-5H3/t13-,14?,17+/m0/s1. The first-order valence-electron chi connectivity index (χ1n) is 9.77. The van der Waals surface area contributed by atoms with Crippen molar-refractivity contribution in [3.63, 3.8) is 0 Å². The Kier molecular flexibility index (Phi) is 7.26. The molecule has 1 aliphatic heterocycles. The van der Waals surface area contributed by atoms with E-state index in [0.29, 0.717) is 18.7 Å². The molecule has 1 amide bonds. The average molecular weight is 427 g/mol. The van der Waals surface area contributed by atoms with Crippen LogP contribution in [0.3, 0.4) is 0 Å². The van der Waals surface area contributed by atoms with Crippen LogP contribution in [0.4, 0.5) is 18.0 Å². The van der Waals surface area contributed by atoms with Crippen LogP contribution in [0.25, 0.3) is 10.4 Å². The molecule has 0 bridgehead atoms. The average Bonchev–Trinajstić information content (AvgIpc) is 2.64. The molecule has 10 heteroatoms. The minimum atomic E-state index is -4.39. The third kappa shape index (κ3) is 6.03. The molecule has 7 nitrogen and oxygen atoms in total. The SMILES string of the molecule is CC(c1ccc(C(F)(F)F)cc1)N1C[C@H](C)N(C(=O)OC(C)(C)C)C[C@H]1CN=[N+]=[N-]. The molecule has 2 rings (SSSR count). The molecule has 3 atom stereocenters. The van der Waals surface area contributed by atoms with Crippen molar-refractivity contribution in [1.82, 2.24) is 9.80 Å². The van der Waals surface area contributed by atoms with E-state index in [0.717, 1.165) is 12.1 Å². The lowest BCUT2D eigenvalue weighted by molar-refractivity contribution is -0.137. The van der Waals surface area contributed by atoms with Gasteiger partial charge in [0.1, 0.15) is 5.60 Å². The summed E-state index contributed by atoms with van der Waals surface area (Å²) in [4.78, 5) is 19.1. The molecule has 30 heavy (non-hydrogen) atoms. The van der Waals surface area contributed by atoms with Crippen LogP contribution in [0.1, 0.15) is 51.8 Å². The van der Waals surface area contributed by atoms with E-state index in [2.05, 4.69) is 14.9 Å². The van der Waals surface area contributed by atoms with Gasteiger partial charge in [-0.25, -0.2) is 4.79 Å². The largest absolute Gasteiger partial charge is 0.444 e. The summed E-state index contributed by atoms with van der Waals surface area (Å²) in [7, 11) is 0. The topological polar surface area (TPSA) is 81.5 Å². The lowest BCUT2D eigenvalue weighted by Gasteiger charge is -2.47. The summed E-state index contributed by atoms with van der Waals surface area (Å²) in [5.74, 6) is 0. The number of nitrogens with zero attached hydrogens (tertiary/aromatic N) is 5. The van der Waals surface area contributed by atoms with Gasteiger partial charge >= 0.3 is 12.3 Å². The number of amides is 1. The fourth-order valence-electron chi connectivity index (χ4n) is 3.55. The maximum Gasteiger partial charge on any atom is 0.416 e. The second-order valence-electron chi connectivity index (χ2n) is 8.54. The fourth-order valence-corrected chi connectivity index (χ4v) is 3.55. The number of rotatable bonds is 4. The Bertz CT molecular complexity index is 785. The molecule has 1 aliphatic rings. The molecule has 0 saturated carbocycles. The fraction of sp³-hybridized carbons (Fsp3) is 0.650. The van der Waals surface area contributed by atoms with Crippen LogP contribution in [-0.2, 0) is 10.9 Å². The van der Waals surface area contributed by atoms with Gasteiger partial charge in [0.15, 0.2) is 0 Å². The Balaban J connectivity index is 2.23. The van der Waals surface area contributed by atoms with E-state index in [4.69, 9.17) is 10.3 Å². The quantitative estimate of drug-likeness (QED) is 0.367. The van der Waals surface area contributed by atoms with Crippen LogP contribution in [0.5, 0.6) is 0 Å². The second kappa shape index (κ2) is 9.14. The zero-order chi connectivity index (χ0) is 22.7. The van der Waals surface area contributed by atoms with Crippen molar-refractivity contribution in [2.75, 3.05) is 19.6 Å². The molecule has 1 aromatic rings. The van der Waals surface area contributed by atoms with Gasteiger partial charge in [0.2, 0.25) is 0 Å². The lowest BCUT2D eigenvalue weighted by atomic mass is 9.99. The van der Waals surface area contributed by atoms with E-state index in [-0.39, 0.29) is 24.7 Å². The van der Waals surface area contributed by atoms with Crippen molar-refractivity contribution in [3.8, 4) is 0 Å². The monoisotopic (exact) mass is 427 g/mol. The summed E-state index contributed by atoms with van der Waals surface area (Å²) in [6.45, 7) is 10.0. The minimum absolute atomic E-state index is 0.132. The van der Waals surface area contributed by atoms with E-state index in [9.17, 15) is 18.0 Å². The highest BCUT2D eigenvalue weighted by molar-refractivity contribution is 5.68. The zero-order valence-electron chi connectivity index (χ0n) is 17.8. The van der Waals surface area contributed by atoms with Crippen molar-refractivity contribution in [2.45, 2.75) is 64.5 Å². The Hall–Kier alpha value is -2.45. The van der Waals surface area contributed by atoms with Gasteiger partial charge in [-0.2, -0.15) is 13.2 Å². The molecular formula is C20H28F3N5O2. The molecule has 0 aromatic heterocycles. The molecule has 1 aromatic carbocycles. The van der Waals surface area contributed by atoms with E-state index in [1.165, 1.54) is 12.1 Å². The zero-order valence-corrected chi connectivity index (χ0v) is 17.8. The van der Waals surface area contributed by atoms with Gasteiger partial charge in [-0.1, -0.05) is 17.2 Å². The van der Waals surface area contributed by atoms with Crippen LogP contribution in [0.15, 0.2) is 29.4 Å². The van der Waals surface area contributed by atoms with E-state index < -0.39 is 23.4 Å². The number of ether oxygens (including phenoxy) is 1. The normalized spacial score (nSPS) is 21.7. The first-order valence-corrected chi connectivity index (χ1v) is 9.77. The third-order valence-electron chi connectivity index (χ3n) is 5.09. The summed E-state index contributed by atoms with van der Waals surface area (Å²) in [6.07, 6.45) is -4.83. The molecule has 1 fully saturated rings. The smallest absolute Gasteiger partial charge is 0.416 e. The Morgan fingerprint density at radius 3 is 2.37 bits per heavy atom. The van der Waals surface area contributed by atoms with Gasteiger partial charge in [-0.05, 0) is 57.8 Å². The predicted octanol–water partition coefficient (Wildman–Crippen LogP) is 5.39. The van der Waals surface area contributed by atoms with Crippen LogP contribution in [0.2, 0.25) is 0 Å². The Morgan fingerprint density at radius 2 is 1.87 bits per heavy atom. The Labute approximate surface area is 174 Å². The first kappa shape index (κ1) is 23.8. The van der Waals surface area contributed by atoms with Crippen molar-refractivity contribution in [3.05, 3.63) is 45.8 Å². The molecule has 1 saturated heterocycles. The first-order chi connectivity index (χ1) is 13.8. The summed E-state index contributed by atoms with van der Waals surface area (Å²) in [5, 5.41) is 3.67. The van der Waals surface area contributed by atoms with E-state index in [1.807, 2.05) is 13.8 Å². The van der Waals surface area contributed by atoms with E-state index in [1.54, 1.807) is 25.7 Å². The summed E-state index contributed by atoms with van der Waals surface area (Å²) in [5.41, 5.74) is 8.13. The second-order valence-corrected chi connectivity index (χ2v) is 8.54. The number of carbonyl (C=O) groups excluding carboxylic acids is 1. The molecular weight excluding hydrogens is 399 g/mol. The van der Waals surface area contributed by atoms with Gasteiger partial charge in [0.05, 0.1) is 5.56 Å². The number of hydrogen-bond donors (Lipinski definition) is 0. The summed E-state index contributed by atoms with van der Waals surface area (Å²) < 4.78 is 44.1. The number of halogens is 3. The van der Waals surface area contributed by atoms with Gasteiger partial charge in [0.25, 0.3) is 0 Å². The third-order valence-corrected chi connectivity index (χ3v) is 5.09. The van der Waals surface area contributed by atoms with Crippen molar-refractivity contribution < 1.29 is 22.7 Å². The number of carbonyl (C=O) groups is 1. The predicted molar refractivity (Wildman–Crippen MR) is 107 cm³/mol. The number of alkyl halides is 3. The van der Waals surface area contributed by atoms with Crippen LogP contribution in [0, 0.1) is 0 Å². The van der Waals surface area contributed by atoms with Crippen molar-refractivity contribution in [1.29, 1.82) is 0 Å². The molecule has 166 valence electrons. The Morgan fingerprint density at radius 1 is 1.27 bits per heavy atom. The highest BCUT2D eigenvalue weighted by Crippen LogP contribution is 2.32. The summed E-state index contributed by atoms with van der Waals surface area (Å²) in [6, 6.07) is 4.35. The van der Waals surface area contributed by atoms with Crippen LogP contribution in [-0.4, -0.2) is 53.2 Å².